The molecule has 1 aliphatic rings. The van der Waals surface area contributed by atoms with Gasteiger partial charge in [-0.1, -0.05) is 11.1 Å². The van der Waals surface area contributed by atoms with Gasteiger partial charge in [-0.05, 0) is 83.7 Å². The summed E-state index contributed by atoms with van der Waals surface area (Å²) in [5.74, 6) is -0.961. The van der Waals surface area contributed by atoms with Crippen molar-refractivity contribution in [1.29, 1.82) is 0 Å². The third-order valence-electron chi connectivity index (χ3n) is 7.80. The number of azo groups is 1. The minimum Gasteiger partial charge on any atom is -0.505 e. The molecule has 20 nitrogen and oxygen atoms in total. The van der Waals surface area contributed by atoms with Crippen LogP contribution in [0.1, 0.15) is 10.4 Å². The molecule has 0 saturated carbocycles. The van der Waals surface area contributed by atoms with Gasteiger partial charge in [-0.3, -0.25) is 9.35 Å². The number of fused-ring (bicyclic) bond motifs is 1. The number of phenolic OH excluding ortho intramolecular Hbond substituents is 1. The zero-order chi connectivity index (χ0) is 39.9. The zero-order valence-corrected chi connectivity index (χ0v) is 31.7. The monoisotopic (exact) mass is 848 g/mol. The number of carbonyl (C=O) groups excluding carboxylic acids is 1. The van der Waals surface area contributed by atoms with Gasteiger partial charge in [0.2, 0.25) is 17.2 Å². The molecule has 2 heterocycles. The van der Waals surface area contributed by atoms with Crippen LogP contribution in [0.5, 0.6) is 5.75 Å². The van der Waals surface area contributed by atoms with Gasteiger partial charge >= 0.3 is 10.4 Å². The predicted molar refractivity (Wildman–Crippen MR) is 202 cm³/mol. The fourth-order valence-electron chi connectivity index (χ4n) is 5.16. The third-order valence-corrected chi connectivity index (χ3v) is 10.8. The second kappa shape index (κ2) is 17.8. The number of sulfone groups is 1. The number of benzene rings is 4. The van der Waals surface area contributed by atoms with E-state index < -0.39 is 38.5 Å². The van der Waals surface area contributed by atoms with Gasteiger partial charge in [0.05, 0.1) is 53.1 Å². The molecule has 1 aromatic heterocycles. The van der Waals surface area contributed by atoms with Crippen molar-refractivity contribution in [3.63, 3.8) is 0 Å². The number of ether oxygens (including phenoxy) is 1. The Kier molecular flexibility index (Phi) is 12.9. The number of hydrogen-bond acceptors (Lipinski definition) is 19. The molecule has 0 radical (unpaired) electrons. The van der Waals surface area contributed by atoms with E-state index in [0.29, 0.717) is 66.4 Å². The number of aromatic hydroxyl groups is 1. The van der Waals surface area contributed by atoms with Crippen LogP contribution in [0, 0.1) is 0 Å². The molecule has 5 aromatic rings. The van der Waals surface area contributed by atoms with Crippen molar-refractivity contribution in [3.05, 3.63) is 83.6 Å². The highest BCUT2D eigenvalue weighted by atomic mass is 35.5. The lowest BCUT2D eigenvalue weighted by Crippen LogP contribution is -2.37. The Morgan fingerprint density at radius 1 is 0.946 bits per heavy atom. The Balaban J connectivity index is 1.16. The largest absolute Gasteiger partial charge is 0.505 e. The van der Waals surface area contributed by atoms with Gasteiger partial charge in [0.1, 0.15) is 5.69 Å². The maximum atomic E-state index is 12.9. The van der Waals surface area contributed by atoms with E-state index in [1.807, 2.05) is 4.90 Å². The molecule has 5 N–H and O–H groups in total. The Hall–Kier alpha value is -5.08. The summed E-state index contributed by atoms with van der Waals surface area (Å²) in [5, 5.41) is 39.0. The molecule has 4 aromatic carbocycles. The van der Waals surface area contributed by atoms with Crippen molar-refractivity contribution >= 4 is 95.2 Å². The van der Waals surface area contributed by atoms with Crippen molar-refractivity contribution in [1.82, 2.24) is 15.0 Å². The maximum absolute atomic E-state index is 12.9. The van der Waals surface area contributed by atoms with E-state index >= 15 is 0 Å². The summed E-state index contributed by atoms with van der Waals surface area (Å²) < 4.78 is 68.9. The third kappa shape index (κ3) is 10.6. The maximum Gasteiger partial charge on any atom is 0.397 e. The lowest BCUT2D eigenvalue weighted by molar-refractivity contribution is -0.432. The minimum absolute atomic E-state index is 0.00914. The molecule has 0 spiro atoms. The Morgan fingerprint density at radius 2 is 1.66 bits per heavy atom. The predicted octanol–water partition coefficient (Wildman–Crippen LogP) is 5.65. The van der Waals surface area contributed by atoms with Crippen LogP contribution in [-0.2, 0) is 38.5 Å². The number of nitrogens with one attached hydrogen (secondary N) is 2. The summed E-state index contributed by atoms with van der Waals surface area (Å²) in [6, 6.07) is 17.7. The number of hydrogen-bond donors (Lipinski definition) is 5. The second-order valence-corrected chi connectivity index (χ2v) is 15.8. The van der Waals surface area contributed by atoms with Gasteiger partial charge in [-0.2, -0.15) is 28.5 Å². The van der Waals surface area contributed by atoms with Crippen molar-refractivity contribution < 1.29 is 54.8 Å². The second-order valence-electron chi connectivity index (χ2n) is 11.5. The number of amides is 1. The summed E-state index contributed by atoms with van der Waals surface area (Å²) in [6.07, 6.45) is 0. The first-order valence-corrected chi connectivity index (χ1v) is 20.2. The average Bonchev–Trinajstić information content (AvgIpc) is 3.17. The summed E-state index contributed by atoms with van der Waals surface area (Å²) >= 11 is 6.76. The highest BCUT2D eigenvalue weighted by molar-refractivity contribution is 7.94. The molecule has 0 atom stereocenters. The van der Waals surface area contributed by atoms with Crippen LogP contribution in [0.15, 0.2) is 92.8 Å². The zero-order valence-electron chi connectivity index (χ0n) is 28.5. The summed E-state index contributed by atoms with van der Waals surface area (Å²) in [5.41, 5.74) is 1.25. The summed E-state index contributed by atoms with van der Waals surface area (Å²) in [4.78, 5) is 27.8. The topological polar surface area (TPSA) is 274 Å². The number of nitrogens with zero attached hydrogens (tertiary/aromatic N) is 6. The van der Waals surface area contributed by atoms with Crippen LogP contribution in [-0.4, -0.2) is 91.3 Å². The first-order chi connectivity index (χ1) is 26.8. The standard InChI is InChI=1S/C32H29ClN8O12S3/c33-30-36-31(38-32(37-30)41-11-13-50-14-12-41)35-23-6-3-20-17-26(54-53-52-44)27(28(42)25(20)18-23)40-39-22-4-1-19(2-5-22)29(43)34-21-7-9-24(10-8-21)55(45,46)16-15-51-56(47,48)49/h1-10,17-18,42,44H,11-16H2,(H,34,43)(H,47,48,49)(H,35,36,37,38). The number of morpholine rings is 1. The van der Waals surface area contributed by atoms with Gasteiger partial charge in [0.25, 0.3) is 5.91 Å². The Morgan fingerprint density at radius 3 is 2.36 bits per heavy atom. The van der Waals surface area contributed by atoms with E-state index in [-0.39, 0.29) is 43.7 Å². The van der Waals surface area contributed by atoms with E-state index in [0.717, 1.165) is 0 Å². The molecule has 56 heavy (non-hydrogen) atoms. The van der Waals surface area contributed by atoms with Crippen LogP contribution >= 0.6 is 23.6 Å². The van der Waals surface area contributed by atoms with E-state index in [2.05, 4.69) is 49.4 Å². The van der Waals surface area contributed by atoms with E-state index in [9.17, 15) is 26.7 Å². The molecule has 1 saturated heterocycles. The number of anilines is 4. The van der Waals surface area contributed by atoms with Gasteiger partial charge in [0.15, 0.2) is 15.6 Å². The molecule has 1 aliphatic heterocycles. The number of carbonyl (C=O) groups is 1. The van der Waals surface area contributed by atoms with Gasteiger partial charge < -0.3 is 25.4 Å². The molecule has 6 rings (SSSR count). The average molecular weight is 849 g/mol. The van der Waals surface area contributed by atoms with Crippen LogP contribution in [0.3, 0.4) is 0 Å². The first kappa shape index (κ1) is 40.6. The SMILES string of the molecule is O=C(Nc1ccc(S(=O)(=O)CCOS(=O)(=O)O)cc1)c1ccc(N=Nc2c(SOOO)cc3ccc(Nc4nc(Cl)nc(N5CCOCC5)n4)cc3c2O)cc1. The molecule has 1 fully saturated rings. The fourth-order valence-corrected chi connectivity index (χ4v) is 7.30. The number of rotatable bonds is 15. The molecule has 0 aliphatic carbocycles. The fraction of sp³-hybridized carbons (Fsp3) is 0.188. The molecule has 1 amide bonds. The lowest BCUT2D eigenvalue weighted by atomic mass is 10.1. The highest BCUT2D eigenvalue weighted by Gasteiger charge is 2.20. The summed E-state index contributed by atoms with van der Waals surface area (Å²) in [7, 11) is -8.73. The quantitative estimate of drug-likeness (QED) is 0.0280. The van der Waals surface area contributed by atoms with Gasteiger partial charge in [0, 0.05) is 35.4 Å². The van der Waals surface area contributed by atoms with Crippen LogP contribution in [0.2, 0.25) is 5.28 Å². The normalized spacial score (nSPS) is 13.7. The van der Waals surface area contributed by atoms with Crippen LogP contribution < -0.4 is 15.5 Å². The molecule has 24 heteroatoms. The van der Waals surface area contributed by atoms with E-state index in [4.69, 9.17) is 26.1 Å². The highest BCUT2D eigenvalue weighted by Crippen LogP contribution is 2.44. The van der Waals surface area contributed by atoms with E-state index in [1.165, 1.54) is 48.5 Å². The summed E-state index contributed by atoms with van der Waals surface area (Å²) in [6.45, 7) is 1.45. The van der Waals surface area contributed by atoms with Crippen molar-refractivity contribution in [3.8, 4) is 5.75 Å². The number of aromatic nitrogens is 3. The smallest absolute Gasteiger partial charge is 0.397 e. The molecule has 294 valence electrons. The van der Waals surface area contributed by atoms with Crippen LogP contribution in [0.4, 0.5) is 34.6 Å². The number of halogens is 1. The van der Waals surface area contributed by atoms with Crippen molar-refractivity contribution in [2.75, 3.05) is 54.2 Å². The first-order valence-electron chi connectivity index (χ1n) is 16.0. The minimum atomic E-state index is -4.79. The van der Waals surface area contributed by atoms with Gasteiger partial charge in [-0.15, -0.1) is 9.45 Å². The van der Waals surface area contributed by atoms with Gasteiger partial charge in [-0.25, -0.2) is 17.9 Å². The molecule has 0 bridgehead atoms. The van der Waals surface area contributed by atoms with Crippen molar-refractivity contribution in [2.24, 2.45) is 10.2 Å². The van der Waals surface area contributed by atoms with Crippen molar-refractivity contribution in [2.45, 2.75) is 9.79 Å². The van der Waals surface area contributed by atoms with Crippen LogP contribution in [0.25, 0.3) is 10.8 Å². The molecular formula is C32H29ClN8O12S3. The Bertz CT molecular complexity index is 2470. The van der Waals surface area contributed by atoms with E-state index in [1.54, 1.807) is 24.3 Å². The Labute approximate surface area is 327 Å². The molecule has 0 unspecified atom stereocenters. The lowest BCUT2D eigenvalue weighted by Gasteiger charge is -2.26. The number of phenols is 1. The molecular weight excluding hydrogens is 820 g/mol.